The van der Waals surface area contributed by atoms with Crippen LogP contribution in [0.3, 0.4) is 0 Å². The molecule has 0 amide bonds. The molecule has 0 fully saturated rings. The summed E-state index contributed by atoms with van der Waals surface area (Å²) in [5, 5.41) is 8.61. The quantitative estimate of drug-likeness (QED) is 0.189. The van der Waals surface area contributed by atoms with Crippen molar-refractivity contribution in [3.05, 3.63) is 152 Å². The van der Waals surface area contributed by atoms with Crippen LogP contribution in [-0.2, 0) is 0 Å². The number of benzene rings is 7. The third-order valence-corrected chi connectivity index (χ3v) is 12.2. The zero-order valence-corrected chi connectivity index (χ0v) is 27.7. The molecule has 0 aliphatic heterocycles. The van der Waals surface area contributed by atoms with Crippen LogP contribution in [0.15, 0.2) is 152 Å². The van der Waals surface area contributed by atoms with Crippen molar-refractivity contribution in [2.75, 3.05) is 0 Å². The Kier molecular flexibility index (Phi) is 5.70. The monoisotopic (exact) mass is 659 g/mol. The molecule has 0 N–H and O–H groups in total. The van der Waals surface area contributed by atoms with Crippen LogP contribution >= 0.6 is 22.7 Å². The van der Waals surface area contributed by atoms with Crippen molar-refractivity contribution < 1.29 is 0 Å². The smallest absolute Gasteiger partial charge is 0.235 e. The maximum atomic E-state index is 5.42. The second kappa shape index (κ2) is 10.3. The average Bonchev–Trinajstić information content (AvgIpc) is 3.84. The summed E-state index contributed by atoms with van der Waals surface area (Å²) in [4.78, 5) is 10.7. The van der Waals surface area contributed by atoms with Crippen LogP contribution in [0.5, 0.6) is 0 Å². The average molecular weight is 660 g/mol. The molecule has 0 saturated heterocycles. The van der Waals surface area contributed by atoms with E-state index in [1.165, 1.54) is 62.2 Å². The van der Waals surface area contributed by atoms with E-state index in [0.717, 1.165) is 33.2 Å². The molecule has 0 spiro atoms. The van der Waals surface area contributed by atoms with E-state index >= 15 is 0 Å². The van der Waals surface area contributed by atoms with Gasteiger partial charge in [0.2, 0.25) is 5.95 Å². The van der Waals surface area contributed by atoms with Gasteiger partial charge in [0.25, 0.3) is 0 Å². The van der Waals surface area contributed by atoms with Crippen molar-refractivity contribution in [3.63, 3.8) is 0 Å². The van der Waals surface area contributed by atoms with Crippen molar-refractivity contribution in [3.8, 4) is 28.3 Å². The first-order chi connectivity index (χ1) is 24.3. The number of hydrogen-bond donors (Lipinski definition) is 0. The van der Waals surface area contributed by atoms with E-state index in [1.807, 2.05) is 22.7 Å². The Labute approximate surface area is 289 Å². The molecule has 11 rings (SSSR count). The fraction of sp³-hybridized carbons (Fsp3) is 0. The topological polar surface area (TPSA) is 30.7 Å². The minimum absolute atomic E-state index is 0.682. The van der Waals surface area contributed by atoms with E-state index in [4.69, 9.17) is 9.97 Å². The van der Waals surface area contributed by atoms with E-state index in [0.29, 0.717) is 5.95 Å². The Bertz CT molecular complexity index is 3110. The fourth-order valence-electron chi connectivity index (χ4n) is 7.64. The summed E-state index contributed by atoms with van der Waals surface area (Å²) in [6, 6.07) is 54.5. The molecular formula is C44H25N3S2. The Hall–Kier alpha value is -5.88. The van der Waals surface area contributed by atoms with Crippen LogP contribution in [0.2, 0.25) is 0 Å². The first kappa shape index (κ1) is 27.1. The van der Waals surface area contributed by atoms with Crippen LogP contribution in [0.25, 0.3) is 101 Å². The van der Waals surface area contributed by atoms with Crippen LogP contribution < -0.4 is 0 Å². The highest BCUT2D eigenvalue weighted by Crippen LogP contribution is 2.44. The summed E-state index contributed by atoms with van der Waals surface area (Å²) in [6.07, 6.45) is 0. The number of thiophene rings is 2. The lowest BCUT2D eigenvalue weighted by molar-refractivity contribution is 1.02. The fourth-order valence-corrected chi connectivity index (χ4v) is 9.99. The van der Waals surface area contributed by atoms with Crippen molar-refractivity contribution in [2.24, 2.45) is 0 Å². The summed E-state index contributed by atoms with van der Waals surface area (Å²) in [5.74, 6) is 0.682. The Morgan fingerprint density at radius 2 is 1.10 bits per heavy atom. The van der Waals surface area contributed by atoms with Crippen molar-refractivity contribution >= 4 is 95.7 Å². The van der Waals surface area contributed by atoms with Gasteiger partial charge in [-0.3, -0.25) is 4.57 Å². The van der Waals surface area contributed by atoms with E-state index in [-0.39, 0.29) is 0 Å². The molecule has 0 saturated carbocycles. The summed E-state index contributed by atoms with van der Waals surface area (Å²) in [7, 11) is 0. The predicted molar refractivity (Wildman–Crippen MR) is 211 cm³/mol. The summed E-state index contributed by atoms with van der Waals surface area (Å²) in [6.45, 7) is 0. The van der Waals surface area contributed by atoms with Gasteiger partial charge in [-0.2, -0.15) is 0 Å². The molecule has 7 aromatic carbocycles. The summed E-state index contributed by atoms with van der Waals surface area (Å²) >= 11 is 3.71. The Morgan fingerprint density at radius 3 is 1.96 bits per heavy atom. The second-order valence-electron chi connectivity index (χ2n) is 12.5. The first-order valence-electron chi connectivity index (χ1n) is 16.4. The molecule has 0 radical (unpaired) electrons. The zero-order chi connectivity index (χ0) is 32.1. The van der Waals surface area contributed by atoms with Crippen molar-refractivity contribution in [2.45, 2.75) is 0 Å². The molecule has 0 atom stereocenters. The lowest BCUT2D eigenvalue weighted by atomic mass is 9.99. The highest BCUT2D eigenvalue weighted by atomic mass is 32.1. The molecule has 49 heavy (non-hydrogen) atoms. The van der Waals surface area contributed by atoms with Crippen LogP contribution in [0.4, 0.5) is 0 Å². The lowest BCUT2D eigenvalue weighted by Crippen LogP contribution is -2.03. The molecule has 228 valence electrons. The van der Waals surface area contributed by atoms with E-state index in [9.17, 15) is 0 Å². The molecular weight excluding hydrogens is 635 g/mol. The molecule has 0 bridgehead atoms. The van der Waals surface area contributed by atoms with Crippen LogP contribution in [0.1, 0.15) is 0 Å². The van der Waals surface area contributed by atoms with Gasteiger partial charge in [-0.25, -0.2) is 9.97 Å². The molecule has 4 aromatic heterocycles. The molecule has 5 heteroatoms. The van der Waals surface area contributed by atoms with Gasteiger partial charge >= 0.3 is 0 Å². The van der Waals surface area contributed by atoms with Gasteiger partial charge in [0.1, 0.15) is 0 Å². The van der Waals surface area contributed by atoms with Gasteiger partial charge in [0.05, 0.1) is 22.2 Å². The molecule has 3 nitrogen and oxygen atoms in total. The predicted octanol–water partition coefficient (Wildman–Crippen LogP) is 12.8. The number of rotatable bonds is 3. The van der Waals surface area contributed by atoms with Gasteiger partial charge in [-0.1, -0.05) is 121 Å². The van der Waals surface area contributed by atoms with Gasteiger partial charge in [-0.15, -0.1) is 22.7 Å². The first-order valence-corrected chi connectivity index (χ1v) is 18.1. The van der Waals surface area contributed by atoms with Gasteiger partial charge in [0, 0.05) is 62.1 Å². The van der Waals surface area contributed by atoms with E-state index in [2.05, 4.69) is 156 Å². The van der Waals surface area contributed by atoms with E-state index < -0.39 is 0 Å². The minimum atomic E-state index is 0.682. The number of fused-ring (bicyclic) bond motifs is 11. The molecule has 0 aliphatic carbocycles. The second-order valence-corrected chi connectivity index (χ2v) is 14.7. The number of aromatic nitrogens is 3. The summed E-state index contributed by atoms with van der Waals surface area (Å²) in [5.41, 5.74) is 7.65. The standard InChI is InChI=1S/C44H25N3S2/c1-5-16-35-33(12-1)41(27-22-20-26(21-23-27)28-14-9-15-32-30-11-3-7-18-37(30)49-43(28)32)46-44(45-35)47-36-17-6-2-10-29(36)31-24-25-39-40(42(31)47)34-13-4-8-19-38(34)48-39/h1-25H. The van der Waals surface area contributed by atoms with Crippen LogP contribution in [-0.4, -0.2) is 14.5 Å². The highest BCUT2D eigenvalue weighted by Gasteiger charge is 2.21. The maximum absolute atomic E-state index is 5.42. The highest BCUT2D eigenvalue weighted by molar-refractivity contribution is 7.26. The van der Waals surface area contributed by atoms with Crippen molar-refractivity contribution in [1.29, 1.82) is 0 Å². The SMILES string of the molecule is c1ccc2c(-c3ccc(-c4cccc5c4sc4ccccc45)cc3)nc(-n3c4ccccc4c4ccc5sc6ccccc6c5c43)nc2c1. The number of para-hydroxylation sites is 2. The third kappa shape index (κ3) is 3.94. The van der Waals surface area contributed by atoms with E-state index in [1.54, 1.807) is 0 Å². The summed E-state index contributed by atoms with van der Waals surface area (Å²) < 4.78 is 7.49. The molecule has 0 aliphatic rings. The third-order valence-electron chi connectivity index (χ3n) is 9.84. The van der Waals surface area contributed by atoms with Crippen LogP contribution in [0, 0.1) is 0 Å². The lowest BCUT2D eigenvalue weighted by Gasteiger charge is -2.13. The molecule has 0 unspecified atom stereocenters. The maximum Gasteiger partial charge on any atom is 0.235 e. The largest absolute Gasteiger partial charge is 0.277 e. The molecule has 11 aromatic rings. The Balaban J connectivity index is 1.15. The normalized spacial score (nSPS) is 12.1. The van der Waals surface area contributed by atoms with Crippen molar-refractivity contribution in [1.82, 2.24) is 14.5 Å². The number of nitrogens with zero attached hydrogens (tertiary/aromatic N) is 3. The van der Waals surface area contributed by atoms with Gasteiger partial charge in [0.15, 0.2) is 0 Å². The number of hydrogen-bond acceptors (Lipinski definition) is 4. The van der Waals surface area contributed by atoms with Gasteiger partial charge in [-0.05, 0) is 41.5 Å². The molecule has 4 heterocycles. The van der Waals surface area contributed by atoms with Gasteiger partial charge < -0.3 is 0 Å². The minimum Gasteiger partial charge on any atom is -0.277 e. The zero-order valence-electron chi connectivity index (χ0n) is 26.1. The Morgan fingerprint density at radius 1 is 0.429 bits per heavy atom.